The molecule has 6 nitrogen and oxygen atoms in total. The van der Waals surface area contributed by atoms with E-state index in [1.54, 1.807) is 42.5 Å². The zero-order valence-electron chi connectivity index (χ0n) is 12.5. The molecule has 2 aromatic carbocycles. The van der Waals surface area contributed by atoms with E-state index < -0.39 is 10.0 Å². The summed E-state index contributed by atoms with van der Waals surface area (Å²) in [7, 11) is -3.58. The molecule has 0 fully saturated rings. The topological polar surface area (TPSA) is 84.5 Å². The summed E-state index contributed by atoms with van der Waals surface area (Å²) >= 11 is 0. The number of aryl methyl sites for hydroxylation is 1. The van der Waals surface area contributed by atoms with Crippen LogP contribution in [0.3, 0.4) is 0 Å². The molecule has 0 spiro atoms. The minimum atomic E-state index is -3.58. The highest BCUT2D eigenvalue weighted by Gasteiger charge is 2.17. The number of fused-ring (bicyclic) bond motifs is 1. The highest BCUT2D eigenvalue weighted by molar-refractivity contribution is 7.89. The average Bonchev–Trinajstić information content (AvgIpc) is 2.53. The Bertz CT molecular complexity index is 845. The Kier molecular flexibility index (Phi) is 4.06. The van der Waals surface area contributed by atoms with E-state index in [1.807, 2.05) is 6.92 Å². The number of nitrogens with one attached hydrogen (secondary N) is 2. The molecule has 2 N–H and O–H groups in total. The molecule has 7 heteroatoms. The summed E-state index contributed by atoms with van der Waals surface area (Å²) in [6.45, 7) is 2.01. The second-order valence-electron chi connectivity index (χ2n) is 5.30. The van der Waals surface area contributed by atoms with Crippen molar-refractivity contribution in [3.63, 3.8) is 0 Å². The first-order valence-electron chi connectivity index (χ1n) is 7.06. The molecule has 120 valence electrons. The van der Waals surface area contributed by atoms with Crippen molar-refractivity contribution in [1.29, 1.82) is 0 Å². The highest BCUT2D eigenvalue weighted by atomic mass is 32.2. The molecule has 2 aromatic rings. The van der Waals surface area contributed by atoms with Crippen LogP contribution < -0.4 is 14.8 Å². The number of hydrogen-bond donors (Lipinski definition) is 2. The van der Waals surface area contributed by atoms with Crippen LogP contribution in [0.15, 0.2) is 47.4 Å². The minimum absolute atomic E-state index is 0.00754. The van der Waals surface area contributed by atoms with Gasteiger partial charge in [0.05, 0.1) is 10.6 Å². The first-order valence-corrected chi connectivity index (χ1v) is 8.54. The molecule has 1 aliphatic rings. The molecule has 0 saturated heterocycles. The summed E-state index contributed by atoms with van der Waals surface area (Å²) in [4.78, 5) is 11.5. The minimum Gasteiger partial charge on any atom is -0.482 e. The smallest absolute Gasteiger partial charge is 0.262 e. The quantitative estimate of drug-likeness (QED) is 0.894. The summed E-state index contributed by atoms with van der Waals surface area (Å²) in [5, 5.41) is 2.69. The molecule has 1 amide bonds. The van der Waals surface area contributed by atoms with Gasteiger partial charge in [0.2, 0.25) is 10.0 Å². The number of amides is 1. The van der Waals surface area contributed by atoms with Gasteiger partial charge < -0.3 is 10.1 Å². The lowest BCUT2D eigenvalue weighted by Crippen LogP contribution is -2.26. The number of sulfonamides is 1. The van der Waals surface area contributed by atoms with E-state index in [9.17, 15) is 13.2 Å². The van der Waals surface area contributed by atoms with Crippen molar-refractivity contribution in [1.82, 2.24) is 4.72 Å². The second kappa shape index (κ2) is 6.02. The van der Waals surface area contributed by atoms with Crippen LogP contribution in [0.1, 0.15) is 11.1 Å². The van der Waals surface area contributed by atoms with Gasteiger partial charge in [-0.2, -0.15) is 0 Å². The van der Waals surface area contributed by atoms with E-state index in [-0.39, 0.29) is 24.0 Å². The Balaban J connectivity index is 1.74. The third-order valence-electron chi connectivity index (χ3n) is 3.47. The summed E-state index contributed by atoms with van der Waals surface area (Å²) in [5.74, 6) is 0.352. The zero-order chi connectivity index (χ0) is 16.4. The van der Waals surface area contributed by atoms with Crippen LogP contribution in [0.5, 0.6) is 5.75 Å². The van der Waals surface area contributed by atoms with Gasteiger partial charge in [0.1, 0.15) is 5.75 Å². The molecule has 1 heterocycles. The summed E-state index contributed by atoms with van der Waals surface area (Å²) < 4.78 is 32.3. The number of carbonyl (C=O) groups is 1. The SMILES string of the molecule is Cc1ccc(S(=O)(=O)NCc2ccc3c(c2)NC(=O)CO3)cc1. The van der Waals surface area contributed by atoms with Crippen LogP contribution in [-0.2, 0) is 21.4 Å². The summed E-state index contributed by atoms with van der Waals surface area (Å²) in [6.07, 6.45) is 0. The predicted octanol–water partition coefficient (Wildman–Crippen LogP) is 1.80. The standard InChI is InChI=1S/C16H16N2O4S/c1-11-2-5-13(6-3-11)23(20,21)17-9-12-4-7-15-14(8-12)18-16(19)10-22-15/h2-8,17H,9-10H2,1H3,(H,18,19). The molecule has 0 aliphatic carbocycles. The largest absolute Gasteiger partial charge is 0.482 e. The van der Waals surface area contributed by atoms with Gasteiger partial charge in [0.25, 0.3) is 5.91 Å². The Hall–Kier alpha value is -2.38. The van der Waals surface area contributed by atoms with Crippen molar-refractivity contribution in [3.8, 4) is 5.75 Å². The molecule has 0 saturated carbocycles. The number of carbonyl (C=O) groups excluding carboxylic acids is 1. The number of rotatable bonds is 4. The van der Waals surface area contributed by atoms with E-state index in [0.29, 0.717) is 11.4 Å². The molecule has 23 heavy (non-hydrogen) atoms. The maximum absolute atomic E-state index is 12.3. The van der Waals surface area contributed by atoms with Crippen molar-refractivity contribution in [2.45, 2.75) is 18.4 Å². The summed E-state index contributed by atoms with van der Waals surface area (Å²) in [5.41, 5.74) is 2.27. The van der Waals surface area contributed by atoms with Crippen LogP contribution in [-0.4, -0.2) is 20.9 Å². The highest BCUT2D eigenvalue weighted by Crippen LogP contribution is 2.28. The predicted molar refractivity (Wildman–Crippen MR) is 85.8 cm³/mol. The van der Waals surface area contributed by atoms with Crippen molar-refractivity contribution in [2.75, 3.05) is 11.9 Å². The molecule has 0 atom stereocenters. The molecule has 0 radical (unpaired) electrons. The van der Waals surface area contributed by atoms with E-state index >= 15 is 0 Å². The molecule has 0 aromatic heterocycles. The van der Waals surface area contributed by atoms with Gasteiger partial charge in [0, 0.05) is 6.54 Å². The summed E-state index contributed by atoms with van der Waals surface area (Å²) in [6, 6.07) is 11.8. The third kappa shape index (κ3) is 3.52. The fraction of sp³-hybridized carbons (Fsp3) is 0.188. The van der Waals surface area contributed by atoms with Crippen LogP contribution in [0, 0.1) is 6.92 Å². The van der Waals surface area contributed by atoms with Crippen LogP contribution in [0.4, 0.5) is 5.69 Å². The van der Waals surface area contributed by atoms with Gasteiger partial charge in [-0.3, -0.25) is 4.79 Å². The number of anilines is 1. The first-order chi connectivity index (χ1) is 10.9. The number of hydrogen-bond acceptors (Lipinski definition) is 4. The molecule has 3 rings (SSSR count). The van der Waals surface area contributed by atoms with Crippen LogP contribution in [0.2, 0.25) is 0 Å². The Morgan fingerprint density at radius 3 is 2.65 bits per heavy atom. The zero-order valence-corrected chi connectivity index (χ0v) is 13.3. The first kappa shape index (κ1) is 15.5. The van der Waals surface area contributed by atoms with Crippen molar-refractivity contribution >= 4 is 21.6 Å². The van der Waals surface area contributed by atoms with Crippen LogP contribution in [0.25, 0.3) is 0 Å². The van der Waals surface area contributed by atoms with Gasteiger partial charge in [-0.05, 0) is 36.8 Å². The van der Waals surface area contributed by atoms with Gasteiger partial charge in [-0.25, -0.2) is 13.1 Å². The fourth-order valence-corrected chi connectivity index (χ4v) is 3.24. The molecule has 0 unspecified atom stereocenters. The van der Waals surface area contributed by atoms with Crippen LogP contribution >= 0.6 is 0 Å². The lowest BCUT2D eigenvalue weighted by molar-refractivity contribution is -0.118. The van der Waals surface area contributed by atoms with Gasteiger partial charge in [-0.15, -0.1) is 0 Å². The maximum atomic E-state index is 12.3. The van der Waals surface area contributed by atoms with E-state index in [4.69, 9.17) is 4.74 Å². The molecular weight excluding hydrogens is 316 g/mol. The number of ether oxygens (including phenoxy) is 1. The van der Waals surface area contributed by atoms with Gasteiger partial charge >= 0.3 is 0 Å². The lowest BCUT2D eigenvalue weighted by atomic mass is 10.1. The monoisotopic (exact) mass is 332 g/mol. The second-order valence-corrected chi connectivity index (χ2v) is 7.07. The normalized spacial score (nSPS) is 13.9. The van der Waals surface area contributed by atoms with E-state index in [0.717, 1.165) is 11.1 Å². The van der Waals surface area contributed by atoms with Gasteiger partial charge in [-0.1, -0.05) is 23.8 Å². The maximum Gasteiger partial charge on any atom is 0.262 e. The third-order valence-corrected chi connectivity index (χ3v) is 4.89. The van der Waals surface area contributed by atoms with E-state index in [2.05, 4.69) is 10.0 Å². The Morgan fingerprint density at radius 2 is 1.91 bits per heavy atom. The van der Waals surface area contributed by atoms with E-state index in [1.165, 1.54) is 0 Å². The number of benzene rings is 2. The Labute approximate surface area is 134 Å². The Morgan fingerprint density at radius 1 is 1.17 bits per heavy atom. The van der Waals surface area contributed by atoms with Crippen molar-refractivity contribution < 1.29 is 17.9 Å². The fourth-order valence-electron chi connectivity index (χ4n) is 2.22. The van der Waals surface area contributed by atoms with Crippen molar-refractivity contribution in [2.24, 2.45) is 0 Å². The molecule has 1 aliphatic heterocycles. The average molecular weight is 332 g/mol. The lowest BCUT2D eigenvalue weighted by Gasteiger charge is -2.18. The molecule has 0 bridgehead atoms. The van der Waals surface area contributed by atoms with Crippen molar-refractivity contribution in [3.05, 3.63) is 53.6 Å². The molecular formula is C16H16N2O4S. The van der Waals surface area contributed by atoms with Gasteiger partial charge in [0.15, 0.2) is 6.61 Å².